The zero-order valence-electron chi connectivity index (χ0n) is 19.9. The van der Waals surface area contributed by atoms with Crippen LogP contribution in [0.15, 0.2) is 47.5 Å². The molecule has 0 radical (unpaired) electrons. The van der Waals surface area contributed by atoms with Gasteiger partial charge < -0.3 is 26.8 Å². The van der Waals surface area contributed by atoms with Crippen molar-refractivity contribution in [2.75, 3.05) is 31.5 Å². The van der Waals surface area contributed by atoms with E-state index in [-0.39, 0.29) is 16.7 Å². The van der Waals surface area contributed by atoms with E-state index in [4.69, 9.17) is 17.3 Å². The Balaban J connectivity index is 1.44. The first kappa shape index (κ1) is 26.5. The number of carbonyl (C=O) groups excluding carboxylic acids is 3. The summed E-state index contributed by atoms with van der Waals surface area (Å²) in [6.45, 7) is 2.28. The summed E-state index contributed by atoms with van der Waals surface area (Å²) in [5.74, 6) is -2.36. The van der Waals surface area contributed by atoms with Crippen LogP contribution in [0.2, 0.25) is 5.02 Å². The highest BCUT2D eigenvalue weighted by Crippen LogP contribution is 2.31. The predicted molar refractivity (Wildman–Crippen MR) is 137 cm³/mol. The number of likely N-dealkylation sites (tertiary alicyclic amines) is 1. The van der Waals surface area contributed by atoms with E-state index in [0.29, 0.717) is 30.9 Å². The number of aliphatic imine (C=N–C) groups is 1. The van der Waals surface area contributed by atoms with Crippen molar-refractivity contribution in [1.29, 1.82) is 0 Å². The molecule has 0 aliphatic carbocycles. The third kappa shape index (κ3) is 5.74. The molecule has 1 fully saturated rings. The minimum atomic E-state index is -1.62. The Morgan fingerprint density at radius 2 is 2.00 bits per heavy atom. The molecule has 0 spiro atoms. The zero-order chi connectivity index (χ0) is 26.6. The summed E-state index contributed by atoms with van der Waals surface area (Å²) < 4.78 is 13.3. The Bertz CT molecular complexity index is 1210. The van der Waals surface area contributed by atoms with E-state index >= 15 is 0 Å². The van der Waals surface area contributed by atoms with Crippen molar-refractivity contribution >= 4 is 41.3 Å². The summed E-state index contributed by atoms with van der Waals surface area (Å²) in [5, 5.41) is 18.1. The van der Waals surface area contributed by atoms with Crippen LogP contribution < -0.4 is 21.7 Å². The number of nitrogens with one attached hydrogen (secondary N) is 3. The molecule has 3 amide bonds. The number of amides is 3. The van der Waals surface area contributed by atoms with Gasteiger partial charge in [-0.15, -0.1) is 0 Å². The van der Waals surface area contributed by atoms with Crippen LogP contribution in [0, 0.1) is 5.82 Å². The molecule has 37 heavy (non-hydrogen) atoms. The van der Waals surface area contributed by atoms with Gasteiger partial charge in [-0.3, -0.25) is 24.3 Å². The van der Waals surface area contributed by atoms with Gasteiger partial charge in [-0.05, 0) is 55.3 Å². The smallest absolute Gasteiger partial charge is 0.257 e. The first-order valence-electron chi connectivity index (χ1n) is 11.8. The number of anilines is 1. The van der Waals surface area contributed by atoms with E-state index in [1.54, 1.807) is 24.3 Å². The van der Waals surface area contributed by atoms with E-state index in [1.165, 1.54) is 12.4 Å². The lowest BCUT2D eigenvalue weighted by Crippen LogP contribution is -2.60. The molecule has 10 nitrogen and oxygen atoms in total. The van der Waals surface area contributed by atoms with Gasteiger partial charge in [0.1, 0.15) is 5.82 Å². The van der Waals surface area contributed by atoms with Crippen LogP contribution in [0.4, 0.5) is 10.1 Å². The molecule has 2 aromatic rings. The largest absolute Gasteiger partial charge is 0.392 e. The van der Waals surface area contributed by atoms with Crippen LogP contribution in [0.25, 0.3) is 0 Å². The summed E-state index contributed by atoms with van der Waals surface area (Å²) in [6.07, 6.45) is 2.58. The van der Waals surface area contributed by atoms with Gasteiger partial charge in [-0.1, -0.05) is 23.7 Å². The standard InChI is InChI=1S/C25H28ClFN6O4/c26-20-12-16(27)5-8-19(20)22(35)32-17-6-3-15(4-7-17)25(24(28)37)21(30-14-31-25)23(36)29-9-11-33-10-1-2-18(34)13-33/h3-8,12,14,18,21,34H,1-2,9-11,13H2,(H2,28,37)(H,29,36)(H,30,31)(H,32,35)/t18-,21?,25?/m1/s1. The normalized spacial score (nSPS) is 23.3. The zero-order valence-corrected chi connectivity index (χ0v) is 20.7. The molecule has 2 aliphatic rings. The minimum absolute atomic E-state index is 0.0283. The van der Waals surface area contributed by atoms with Crippen LogP contribution >= 0.6 is 11.6 Å². The molecule has 2 aromatic carbocycles. The second-order valence-corrected chi connectivity index (χ2v) is 9.45. The molecule has 3 atom stereocenters. The van der Waals surface area contributed by atoms with Crippen LogP contribution in [-0.2, 0) is 15.1 Å². The van der Waals surface area contributed by atoms with Crippen molar-refractivity contribution in [3.05, 3.63) is 64.4 Å². The topological polar surface area (TPSA) is 149 Å². The van der Waals surface area contributed by atoms with Gasteiger partial charge in [0.05, 0.1) is 23.0 Å². The Labute approximate surface area is 218 Å². The van der Waals surface area contributed by atoms with E-state index in [0.717, 1.165) is 31.5 Å². The molecule has 4 rings (SSSR count). The van der Waals surface area contributed by atoms with Crippen LogP contribution in [0.5, 0.6) is 0 Å². The molecule has 0 aromatic heterocycles. The summed E-state index contributed by atoms with van der Waals surface area (Å²) in [5.41, 5.74) is 5.02. The van der Waals surface area contributed by atoms with E-state index in [2.05, 4.69) is 25.8 Å². The fraction of sp³-hybridized carbons (Fsp3) is 0.360. The van der Waals surface area contributed by atoms with Gasteiger partial charge in [-0.25, -0.2) is 4.39 Å². The summed E-state index contributed by atoms with van der Waals surface area (Å²) in [6, 6.07) is 8.53. The lowest BCUT2D eigenvalue weighted by atomic mass is 9.82. The number of β-amino-alcohol motifs (C(OH)–C–C–N with tert-alkyl or cyclic N) is 1. The van der Waals surface area contributed by atoms with Gasteiger partial charge in [0.25, 0.3) is 11.8 Å². The van der Waals surface area contributed by atoms with E-state index in [1.807, 2.05) is 0 Å². The molecule has 12 heteroatoms. The number of primary amides is 1. The lowest BCUT2D eigenvalue weighted by Gasteiger charge is -2.32. The highest BCUT2D eigenvalue weighted by atomic mass is 35.5. The number of benzene rings is 2. The highest BCUT2D eigenvalue weighted by Gasteiger charge is 2.52. The average molecular weight is 531 g/mol. The van der Waals surface area contributed by atoms with Crippen molar-refractivity contribution in [3.8, 4) is 0 Å². The van der Waals surface area contributed by atoms with E-state index in [9.17, 15) is 23.9 Å². The first-order chi connectivity index (χ1) is 17.7. The number of rotatable bonds is 8. The number of piperidine rings is 1. The number of aliphatic hydroxyl groups excluding tert-OH is 1. The maximum absolute atomic E-state index is 13.3. The molecular formula is C25H28ClFN6O4. The number of nitrogens with two attached hydrogens (primary N) is 1. The summed E-state index contributed by atoms with van der Waals surface area (Å²) in [7, 11) is 0. The summed E-state index contributed by atoms with van der Waals surface area (Å²) in [4.78, 5) is 44.5. The number of carbonyl (C=O) groups is 3. The predicted octanol–water partition coefficient (Wildman–Crippen LogP) is 0.985. The first-order valence-corrected chi connectivity index (χ1v) is 12.2. The highest BCUT2D eigenvalue weighted by molar-refractivity contribution is 6.34. The second-order valence-electron chi connectivity index (χ2n) is 9.04. The van der Waals surface area contributed by atoms with Crippen molar-refractivity contribution < 1.29 is 23.9 Å². The third-order valence-electron chi connectivity index (χ3n) is 6.54. The average Bonchev–Trinajstić information content (AvgIpc) is 3.31. The van der Waals surface area contributed by atoms with Crippen molar-refractivity contribution in [3.63, 3.8) is 0 Å². The Morgan fingerprint density at radius 1 is 1.24 bits per heavy atom. The monoisotopic (exact) mass is 530 g/mol. The molecule has 0 saturated carbocycles. The second kappa shape index (κ2) is 11.2. The number of hydrogen-bond donors (Lipinski definition) is 5. The van der Waals surface area contributed by atoms with Crippen molar-refractivity contribution in [2.45, 2.75) is 30.5 Å². The minimum Gasteiger partial charge on any atom is -0.392 e. The van der Waals surface area contributed by atoms with Crippen LogP contribution in [0.1, 0.15) is 28.8 Å². The maximum Gasteiger partial charge on any atom is 0.257 e. The molecule has 0 bridgehead atoms. The fourth-order valence-corrected chi connectivity index (χ4v) is 4.87. The molecule has 2 aliphatic heterocycles. The van der Waals surface area contributed by atoms with Crippen molar-refractivity contribution in [2.24, 2.45) is 10.7 Å². The lowest BCUT2D eigenvalue weighted by molar-refractivity contribution is -0.131. The van der Waals surface area contributed by atoms with Crippen molar-refractivity contribution in [1.82, 2.24) is 15.5 Å². The maximum atomic E-state index is 13.3. The van der Waals surface area contributed by atoms with Gasteiger partial charge in [0.15, 0.2) is 11.6 Å². The molecule has 2 unspecified atom stereocenters. The van der Waals surface area contributed by atoms with Crippen LogP contribution in [-0.4, -0.2) is 72.4 Å². The Hall–Kier alpha value is -3.54. The number of halogens is 2. The SMILES string of the molecule is NC(=O)C1(c2ccc(NC(=O)c3ccc(F)cc3Cl)cc2)NC=NC1C(=O)NCCN1CCC[C@@H](O)C1. The number of hydrogen-bond acceptors (Lipinski definition) is 7. The Kier molecular flexibility index (Phi) is 8.06. The quantitative estimate of drug-likeness (QED) is 0.343. The Morgan fingerprint density at radius 3 is 2.68 bits per heavy atom. The van der Waals surface area contributed by atoms with Gasteiger partial charge in [0, 0.05) is 25.3 Å². The van der Waals surface area contributed by atoms with E-state index < -0.39 is 35.1 Å². The molecule has 2 heterocycles. The van der Waals surface area contributed by atoms with Gasteiger partial charge in [-0.2, -0.15) is 0 Å². The van der Waals surface area contributed by atoms with Gasteiger partial charge >= 0.3 is 0 Å². The molecule has 6 N–H and O–H groups in total. The number of nitrogens with zero attached hydrogens (tertiary/aromatic N) is 2. The summed E-state index contributed by atoms with van der Waals surface area (Å²) >= 11 is 5.96. The molecule has 1 saturated heterocycles. The molecule has 196 valence electrons. The van der Waals surface area contributed by atoms with Crippen LogP contribution in [0.3, 0.4) is 0 Å². The number of aliphatic hydroxyl groups is 1. The fourth-order valence-electron chi connectivity index (χ4n) is 4.61. The molecular weight excluding hydrogens is 503 g/mol. The third-order valence-corrected chi connectivity index (χ3v) is 6.86. The van der Waals surface area contributed by atoms with Gasteiger partial charge in [0.2, 0.25) is 5.91 Å².